The van der Waals surface area contributed by atoms with Crippen LogP contribution in [-0.2, 0) is 19.3 Å². The second-order valence-electron chi connectivity index (χ2n) is 9.51. The summed E-state index contributed by atoms with van der Waals surface area (Å²) in [5, 5.41) is 0. The van der Waals surface area contributed by atoms with Crippen LogP contribution in [0, 0.1) is 29.6 Å². The van der Waals surface area contributed by atoms with Gasteiger partial charge in [0, 0.05) is 12.8 Å². The third-order valence-electron chi connectivity index (χ3n) is 8.19. The summed E-state index contributed by atoms with van der Waals surface area (Å²) in [7, 11) is 1.48. The monoisotopic (exact) mass is 334 g/mol. The highest BCUT2D eigenvalue weighted by atomic mass is 17.2. The van der Waals surface area contributed by atoms with Crippen molar-refractivity contribution in [1.29, 1.82) is 0 Å². The molecule has 0 aromatic heterocycles. The van der Waals surface area contributed by atoms with Crippen molar-refractivity contribution < 1.29 is 19.3 Å². The SMILES string of the molecule is COC(=O)CC1CCC2(CC1)CC1(OO2)C2CC3CC(C2)CC1C3. The average molecular weight is 334 g/mol. The Kier molecular flexibility index (Phi) is 3.54. The lowest BCUT2D eigenvalue weighted by Gasteiger charge is -2.58. The van der Waals surface area contributed by atoms with Crippen LogP contribution in [0.4, 0.5) is 0 Å². The number of rotatable bonds is 2. The lowest BCUT2D eigenvalue weighted by Crippen LogP contribution is -2.58. The Morgan fingerprint density at radius 3 is 2.21 bits per heavy atom. The predicted molar refractivity (Wildman–Crippen MR) is 87.9 cm³/mol. The quantitative estimate of drug-likeness (QED) is 0.565. The van der Waals surface area contributed by atoms with Crippen molar-refractivity contribution in [1.82, 2.24) is 0 Å². The molecule has 24 heavy (non-hydrogen) atoms. The van der Waals surface area contributed by atoms with Crippen molar-refractivity contribution in [2.45, 2.75) is 81.8 Å². The van der Waals surface area contributed by atoms with Crippen LogP contribution in [0.15, 0.2) is 0 Å². The van der Waals surface area contributed by atoms with Gasteiger partial charge in [0.05, 0.1) is 7.11 Å². The zero-order valence-electron chi connectivity index (χ0n) is 14.8. The van der Waals surface area contributed by atoms with Gasteiger partial charge in [-0.1, -0.05) is 0 Å². The first-order valence-electron chi connectivity index (χ1n) is 10.0. The maximum absolute atomic E-state index is 11.5. The van der Waals surface area contributed by atoms with Gasteiger partial charge in [-0.3, -0.25) is 4.79 Å². The van der Waals surface area contributed by atoms with Crippen LogP contribution in [0.25, 0.3) is 0 Å². The van der Waals surface area contributed by atoms with E-state index in [0.717, 1.165) is 55.8 Å². The molecule has 6 rings (SSSR count). The highest BCUT2D eigenvalue weighted by Crippen LogP contribution is 2.65. The minimum Gasteiger partial charge on any atom is -0.469 e. The number of hydrogen-bond donors (Lipinski definition) is 0. The summed E-state index contributed by atoms with van der Waals surface area (Å²) in [6, 6.07) is 0. The minimum atomic E-state index is -0.0722. The van der Waals surface area contributed by atoms with Crippen LogP contribution in [0.5, 0.6) is 0 Å². The zero-order chi connectivity index (χ0) is 16.4. The van der Waals surface area contributed by atoms with Crippen LogP contribution in [-0.4, -0.2) is 24.3 Å². The fourth-order valence-electron chi connectivity index (χ4n) is 7.12. The topological polar surface area (TPSA) is 44.8 Å². The molecular weight excluding hydrogens is 304 g/mol. The molecule has 0 unspecified atom stereocenters. The molecule has 1 saturated heterocycles. The van der Waals surface area contributed by atoms with Gasteiger partial charge in [-0.2, -0.15) is 0 Å². The van der Waals surface area contributed by atoms with Gasteiger partial charge < -0.3 is 4.74 Å². The van der Waals surface area contributed by atoms with Crippen molar-refractivity contribution in [2.75, 3.05) is 7.11 Å². The number of carbonyl (C=O) groups is 1. The van der Waals surface area contributed by atoms with Gasteiger partial charge in [0.1, 0.15) is 11.2 Å². The van der Waals surface area contributed by atoms with Crippen molar-refractivity contribution in [3.8, 4) is 0 Å². The number of hydrogen-bond acceptors (Lipinski definition) is 4. The Morgan fingerprint density at radius 2 is 1.62 bits per heavy atom. The average Bonchev–Trinajstić information content (AvgIpc) is 2.95. The van der Waals surface area contributed by atoms with Crippen molar-refractivity contribution in [3.05, 3.63) is 0 Å². The molecule has 6 aliphatic rings. The number of ether oxygens (including phenoxy) is 1. The van der Waals surface area contributed by atoms with Crippen molar-refractivity contribution in [3.63, 3.8) is 0 Å². The van der Waals surface area contributed by atoms with Crippen molar-refractivity contribution in [2.24, 2.45) is 29.6 Å². The van der Waals surface area contributed by atoms with Crippen LogP contribution < -0.4 is 0 Å². The molecule has 4 heteroatoms. The first-order chi connectivity index (χ1) is 11.6. The molecule has 6 fully saturated rings. The molecule has 5 aliphatic carbocycles. The molecule has 0 atom stereocenters. The molecule has 0 aromatic rings. The Morgan fingerprint density at radius 1 is 1.00 bits per heavy atom. The maximum atomic E-state index is 11.5. The standard InChI is InChI=1S/C20H30O4/c1-22-18(21)11-13-2-4-19(5-3-13)12-20(24-23-19)16-7-14-6-15(9-16)10-17(20)8-14/h13-17H,2-12H2,1H3. The summed E-state index contributed by atoms with van der Waals surface area (Å²) in [6.07, 6.45) is 12.9. The van der Waals surface area contributed by atoms with Crippen LogP contribution in [0.1, 0.15) is 70.6 Å². The first-order valence-corrected chi connectivity index (χ1v) is 10.0. The summed E-state index contributed by atoms with van der Waals surface area (Å²) in [4.78, 5) is 23.9. The molecule has 1 aliphatic heterocycles. The van der Waals surface area contributed by atoms with E-state index in [9.17, 15) is 4.79 Å². The second kappa shape index (κ2) is 5.44. The molecule has 0 amide bonds. The van der Waals surface area contributed by atoms with E-state index in [1.807, 2.05) is 0 Å². The van der Waals surface area contributed by atoms with E-state index in [1.165, 1.54) is 39.2 Å². The van der Waals surface area contributed by atoms with E-state index >= 15 is 0 Å². The van der Waals surface area contributed by atoms with Gasteiger partial charge in [-0.25, -0.2) is 9.78 Å². The molecule has 0 aromatic carbocycles. The number of esters is 1. The predicted octanol–water partition coefficient (Wildman–Crippen LogP) is 4.03. The molecule has 134 valence electrons. The molecule has 5 saturated carbocycles. The van der Waals surface area contributed by atoms with Gasteiger partial charge in [0.15, 0.2) is 0 Å². The lowest BCUT2D eigenvalue weighted by atomic mass is 9.48. The molecule has 0 N–H and O–H groups in total. The molecular formula is C20H30O4. The van der Waals surface area contributed by atoms with Gasteiger partial charge in [0.25, 0.3) is 0 Å². The van der Waals surface area contributed by atoms with Crippen LogP contribution in [0.2, 0.25) is 0 Å². The van der Waals surface area contributed by atoms with Gasteiger partial charge in [0.2, 0.25) is 0 Å². The number of methoxy groups -OCH3 is 1. The van der Waals surface area contributed by atoms with Gasteiger partial charge in [-0.15, -0.1) is 0 Å². The van der Waals surface area contributed by atoms with Crippen LogP contribution in [0.3, 0.4) is 0 Å². The fourth-order valence-corrected chi connectivity index (χ4v) is 7.12. The second-order valence-corrected chi connectivity index (χ2v) is 9.51. The normalized spacial score (nSPS) is 52.3. The Hall–Kier alpha value is -0.610. The maximum Gasteiger partial charge on any atom is 0.305 e. The fraction of sp³-hybridized carbons (Fsp3) is 0.950. The Labute approximate surface area is 144 Å². The summed E-state index contributed by atoms with van der Waals surface area (Å²) < 4.78 is 4.83. The Balaban J connectivity index is 1.27. The first kappa shape index (κ1) is 15.6. The summed E-state index contributed by atoms with van der Waals surface area (Å²) in [5.74, 6) is 3.80. The Bertz CT molecular complexity index is 492. The highest BCUT2D eigenvalue weighted by Gasteiger charge is 2.65. The molecule has 2 spiro atoms. The number of carbonyl (C=O) groups excluding carboxylic acids is 1. The summed E-state index contributed by atoms with van der Waals surface area (Å²) in [6.45, 7) is 0. The van der Waals surface area contributed by atoms with Crippen molar-refractivity contribution >= 4 is 5.97 Å². The van der Waals surface area contributed by atoms with Crippen LogP contribution >= 0.6 is 0 Å². The molecule has 4 bridgehead atoms. The third-order valence-corrected chi connectivity index (χ3v) is 8.19. The smallest absolute Gasteiger partial charge is 0.305 e. The van der Waals surface area contributed by atoms with E-state index in [0.29, 0.717) is 12.3 Å². The van der Waals surface area contributed by atoms with Gasteiger partial charge in [-0.05, 0) is 87.4 Å². The molecule has 1 heterocycles. The van der Waals surface area contributed by atoms with Gasteiger partial charge >= 0.3 is 5.97 Å². The highest BCUT2D eigenvalue weighted by molar-refractivity contribution is 5.69. The van der Waals surface area contributed by atoms with E-state index < -0.39 is 0 Å². The molecule has 0 radical (unpaired) electrons. The summed E-state index contributed by atoms with van der Waals surface area (Å²) in [5.41, 5.74) is -0.0371. The van der Waals surface area contributed by atoms with E-state index in [4.69, 9.17) is 14.5 Å². The van der Waals surface area contributed by atoms with E-state index in [2.05, 4.69) is 0 Å². The van der Waals surface area contributed by atoms with E-state index in [1.54, 1.807) is 0 Å². The van der Waals surface area contributed by atoms with E-state index in [-0.39, 0.29) is 17.2 Å². The minimum absolute atomic E-state index is 0.0304. The summed E-state index contributed by atoms with van der Waals surface area (Å²) >= 11 is 0. The largest absolute Gasteiger partial charge is 0.469 e. The zero-order valence-corrected chi connectivity index (χ0v) is 14.8. The molecule has 4 nitrogen and oxygen atoms in total. The lowest BCUT2D eigenvalue weighted by molar-refractivity contribution is -0.385. The third kappa shape index (κ3) is 2.28.